The Hall–Kier alpha value is -2.95. The van der Waals surface area contributed by atoms with Crippen LogP contribution >= 0.6 is 0 Å². The van der Waals surface area contributed by atoms with Gasteiger partial charge in [-0.15, -0.1) is 5.10 Å². The molecular formula is C24H28N4O. The van der Waals surface area contributed by atoms with Gasteiger partial charge in [0.25, 0.3) is 5.91 Å². The molecule has 4 rings (SSSR count). The smallest absolute Gasteiger partial charge is 0.258 e. The van der Waals surface area contributed by atoms with Crippen LogP contribution in [0.25, 0.3) is 22.5 Å². The highest BCUT2D eigenvalue weighted by Gasteiger charge is 2.34. The van der Waals surface area contributed by atoms with Crippen LogP contribution in [0, 0.1) is 5.41 Å². The zero-order chi connectivity index (χ0) is 21.0. The Kier molecular flexibility index (Phi) is 4.37. The molecule has 0 fully saturated rings. The van der Waals surface area contributed by atoms with E-state index in [1.54, 1.807) is 0 Å². The van der Waals surface area contributed by atoms with Crippen molar-refractivity contribution in [1.82, 2.24) is 15.0 Å². The van der Waals surface area contributed by atoms with Gasteiger partial charge in [-0.05, 0) is 38.3 Å². The fourth-order valence-electron chi connectivity index (χ4n) is 3.85. The normalized spacial score (nSPS) is 14.0. The van der Waals surface area contributed by atoms with Gasteiger partial charge in [0.05, 0.1) is 16.9 Å². The molecule has 1 aliphatic heterocycles. The van der Waals surface area contributed by atoms with Crippen molar-refractivity contribution in [1.29, 1.82) is 0 Å². The van der Waals surface area contributed by atoms with Gasteiger partial charge >= 0.3 is 0 Å². The lowest BCUT2D eigenvalue weighted by Gasteiger charge is -2.34. The molecule has 0 atom stereocenters. The summed E-state index contributed by atoms with van der Waals surface area (Å²) < 4.78 is 1.98. The van der Waals surface area contributed by atoms with Crippen molar-refractivity contribution >= 4 is 11.6 Å². The van der Waals surface area contributed by atoms with Gasteiger partial charge in [0, 0.05) is 23.2 Å². The summed E-state index contributed by atoms with van der Waals surface area (Å²) in [6.45, 7) is 13.4. The van der Waals surface area contributed by atoms with Crippen LogP contribution < -0.4 is 4.90 Å². The lowest BCUT2D eigenvalue weighted by Crippen LogP contribution is -2.39. The summed E-state index contributed by atoms with van der Waals surface area (Å²) in [5.41, 5.74) is 4.78. The molecule has 2 heterocycles. The average molecular weight is 389 g/mol. The number of benzene rings is 2. The second-order valence-corrected chi connectivity index (χ2v) is 9.88. The molecule has 5 heteroatoms. The summed E-state index contributed by atoms with van der Waals surface area (Å²) in [5.74, 6) is -0.000987. The summed E-state index contributed by atoms with van der Waals surface area (Å²) in [7, 11) is 0. The predicted octanol–water partition coefficient (Wildman–Crippen LogP) is 5.37. The van der Waals surface area contributed by atoms with E-state index in [9.17, 15) is 4.79 Å². The molecule has 0 unspecified atom stereocenters. The van der Waals surface area contributed by atoms with Crippen molar-refractivity contribution in [3.63, 3.8) is 0 Å². The lowest BCUT2D eigenvalue weighted by atomic mass is 9.91. The molecule has 0 radical (unpaired) electrons. The van der Waals surface area contributed by atoms with Gasteiger partial charge in [0.2, 0.25) is 0 Å². The number of carbonyl (C=O) groups excluding carboxylic acids is 1. The van der Waals surface area contributed by atoms with Gasteiger partial charge in [0.15, 0.2) is 0 Å². The van der Waals surface area contributed by atoms with Crippen LogP contribution in [-0.2, 0) is 5.54 Å². The third-order valence-corrected chi connectivity index (χ3v) is 5.05. The van der Waals surface area contributed by atoms with Crippen LogP contribution in [0.5, 0.6) is 0 Å². The number of nitrogens with zero attached hydrogens (tertiary/aromatic N) is 4. The first-order valence-electron chi connectivity index (χ1n) is 10.0. The van der Waals surface area contributed by atoms with E-state index in [1.165, 1.54) is 0 Å². The number of fused-ring (bicyclic) bond motifs is 5. The summed E-state index contributed by atoms with van der Waals surface area (Å²) in [4.78, 5) is 15.6. The highest BCUT2D eigenvalue weighted by molar-refractivity contribution is 6.14. The van der Waals surface area contributed by atoms with Crippen molar-refractivity contribution in [3.8, 4) is 22.5 Å². The lowest BCUT2D eigenvalue weighted by molar-refractivity contribution is 0.0978. The van der Waals surface area contributed by atoms with Gasteiger partial charge in [0.1, 0.15) is 5.69 Å². The Balaban J connectivity index is 2.11. The minimum atomic E-state index is -0.249. The number of hydrogen-bond acceptors (Lipinski definition) is 3. The first-order chi connectivity index (χ1) is 13.6. The van der Waals surface area contributed by atoms with Crippen molar-refractivity contribution in [3.05, 3.63) is 54.1 Å². The van der Waals surface area contributed by atoms with E-state index >= 15 is 0 Å². The number of carbonyl (C=O) groups is 1. The Bertz CT molecular complexity index is 1080. The summed E-state index contributed by atoms with van der Waals surface area (Å²) in [6.07, 6.45) is 0. The van der Waals surface area contributed by atoms with E-state index in [4.69, 9.17) is 0 Å². The third-order valence-electron chi connectivity index (χ3n) is 5.05. The molecule has 1 aliphatic rings. The number of hydrogen-bond donors (Lipinski definition) is 0. The number of aromatic nitrogens is 3. The summed E-state index contributed by atoms with van der Waals surface area (Å²) >= 11 is 0. The van der Waals surface area contributed by atoms with E-state index in [0.29, 0.717) is 12.1 Å². The molecule has 3 aromatic rings. The zero-order valence-electron chi connectivity index (χ0n) is 18.0. The number of rotatable bonds is 1. The standard InChI is InChI=1S/C24H28N4O/c1-23(2,3)15-27-19-14-10-9-13-18(19)21-20(25-26-28(21)24(4,5)6)16-11-7-8-12-17(16)22(27)29/h7-14H,15H2,1-6H3. The first-order valence-corrected chi connectivity index (χ1v) is 10.0. The molecule has 0 aliphatic carbocycles. The molecule has 0 spiro atoms. The summed E-state index contributed by atoms with van der Waals surface area (Å²) in [5, 5.41) is 9.05. The minimum absolute atomic E-state index is 0.000987. The van der Waals surface area contributed by atoms with Crippen LogP contribution in [0.4, 0.5) is 5.69 Å². The minimum Gasteiger partial charge on any atom is -0.307 e. The van der Waals surface area contributed by atoms with Crippen molar-refractivity contribution in [2.24, 2.45) is 5.41 Å². The largest absolute Gasteiger partial charge is 0.307 e. The maximum atomic E-state index is 13.7. The van der Waals surface area contributed by atoms with Crippen LogP contribution in [0.3, 0.4) is 0 Å². The van der Waals surface area contributed by atoms with Gasteiger partial charge < -0.3 is 4.90 Å². The van der Waals surface area contributed by atoms with E-state index < -0.39 is 0 Å². The number of para-hydroxylation sites is 1. The SMILES string of the molecule is CC(C)(C)CN1C(=O)c2ccccc2-c2nnn(C(C)(C)C)c2-c2ccccc21. The number of anilines is 1. The molecule has 2 aromatic carbocycles. The fraction of sp³-hybridized carbons (Fsp3) is 0.375. The van der Waals surface area contributed by atoms with Gasteiger partial charge in [-0.3, -0.25) is 4.79 Å². The molecule has 5 nitrogen and oxygen atoms in total. The van der Waals surface area contributed by atoms with E-state index in [-0.39, 0.29) is 16.9 Å². The molecule has 0 bridgehead atoms. The van der Waals surface area contributed by atoms with Crippen molar-refractivity contribution < 1.29 is 4.79 Å². The maximum Gasteiger partial charge on any atom is 0.258 e. The maximum absolute atomic E-state index is 13.7. The average Bonchev–Trinajstić information content (AvgIpc) is 3.09. The Morgan fingerprint density at radius 2 is 1.41 bits per heavy atom. The predicted molar refractivity (Wildman–Crippen MR) is 117 cm³/mol. The molecule has 29 heavy (non-hydrogen) atoms. The van der Waals surface area contributed by atoms with Crippen LogP contribution in [-0.4, -0.2) is 27.4 Å². The van der Waals surface area contributed by atoms with Gasteiger partial charge in [-0.2, -0.15) is 0 Å². The van der Waals surface area contributed by atoms with E-state index in [2.05, 4.69) is 57.9 Å². The Morgan fingerprint density at radius 3 is 2.03 bits per heavy atom. The highest BCUT2D eigenvalue weighted by Crippen LogP contribution is 2.43. The van der Waals surface area contributed by atoms with Crippen LogP contribution in [0.15, 0.2) is 48.5 Å². The van der Waals surface area contributed by atoms with Crippen molar-refractivity contribution in [2.75, 3.05) is 11.4 Å². The molecule has 0 saturated heterocycles. The van der Waals surface area contributed by atoms with Crippen molar-refractivity contribution in [2.45, 2.75) is 47.1 Å². The highest BCUT2D eigenvalue weighted by atomic mass is 16.2. The molecule has 0 N–H and O–H groups in total. The first kappa shape index (κ1) is 19.4. The summed E-state index contributed by atoms with van der Waals surface area (Å²) in [6, 6.07) is 15.8. The third kappa shape index (κ3) is 3.35. The molecule has 1 aromatic heterocycles. The monoisotopic (exact) mass is 388 g/mol. The van der Waals surface area contributed by atoms with E-state index in [1.807, 2.05) is 52.0 Å². The molecular weight excluding hydrogens is 360 g/mol. The van der Waals surface area contributed by atoms with Gasteiger partial charge in [-0.25, -0.2) is 4.68 Å². The second kappa shape index (κ2) is 6.55. The van der Waals surface area contributed by atoms with E-state index in [0.717, 1.165) is 28.2 Å². The second-order valence-electron chi connectivity index (χ2n) is 9.88. The zero-order valence-corrected chi connectivity index (χ0v) is 18.0. The fourth-order valence-corrected chi connectivity index (χ4v) is 3.85. The quantitative estimate of drug-likeness (QED) is 0.563. The van der Waals surface area contributed by atoms with Crippen LogP contribution in [0.1, 0.15) is 51.9 Å². The van der Waals surface area contributed by atoms with Gasteiger partial charge in [-0.1, -0.05) is 62.4 Å². The molecule has 1 amide bonds. The topological polar surface area (TPSA) is 51.0 Å². The van der Waals surface area contributed by atoms with Crippen LogP contribution in [0.2, 0.25) is 0 Å². The molecule has 0 saturated carbocycles. The number of amides is 1. The Morgan fingerprint density at radius 1 is 0.828 bits per heavy atom. The molecule has 150 valence electrons. The Labute approximate surface area is 172 Å².